The van der Waals surface area contributed by atoms with Crippen LogP contribution >= 0.6 is 24.0 Å². The summed E-state index contributed by atoms with van der Waals surface area (Å²) in [5.41, 5.74) is 0.965. The molecule has 0 radical (unpaired) electrons. The third kappa shape index (κ3) is 6.48. The molecule has 0 aliphatic heterocycles. The van der Waals surface area contributed by atoms with Gasteiger partial charge in [-0.25, -0.2) is 4.98 Å². The van der Waals surface area contributed by atoms with Crippen molar-refractivity contribution in [2.75, 3.05) is 34.4 Å². The Balaban J connectivity index is 0.00000420. The van der Waals surface area contributed by atoms with E-state index in [1.807, 2.05) is 26.2 Å². The second kappa shape index (κ2) is 11.2. The highest BCUT2D eigenvalue weighted by molar-refractivity contribution is 14.0. The summed E-state index contributed by atoms with van der Waals surface area (Å²) in [6.07, 6.45) is 1.56. The molecule has 0 atom stereocenters. The first-order valence-electron chi connectivity index (χ1n) is 9.37. The SMILES string of the molecule is CCNC(=NCC(C)(C)c1ccc(OC)c(OC)c1)N(C)Cc1ncnn1C.I. The zero-order valence-corrected chi connectivity index (χ0v) is 20.7. The van der Waals surface area contributed by atoms with Crippen LogP contribution < -0.4 is 14.8 Å². The van der Waals surface area contributed by atoms with Crippen LogP contribution in [0.3, 0.4) is 0 Å². The average molecular weight is 516 g/mol. The summed E-state index contributed by atoms with van der Waals surface area (Å²) in [4.78, 5) is 11.2. The Morgan fingerprint density at radius 2 is 1.93 bits per heavy atom. The molecule has 2 rings (SSSR count). The van der Waals surface area contributed by atoms with Crippen molar-refractivity contribution < 1.29 is 9.47 Å². The molecule has 0 bridgehead atoms. The summed E-state index contributed by atoms with van der Waals surface area (Å²) in [6.45, 7) is 8.44. The van der Waals surface area contributed by atoms with E-state index in [2.05, 4.69) is 47.1 Å². The zero-order valence-electron chi connectivity index (χ0n) is 18.4. The van der Waals surface area contributed by atoms with Crippen LogP contribution in [0.5, 0.6) is 11.5 Å². The third-order valence-electron chi connectivity index (χ3n) is 4.67. The third-order valence-corrected chi connectivity index (χ3v) is 4.67. The van der Waals surface area contributed by atoms with E-state index in [4.69, 9.17) is 14.5 Å². The maximum absolute atomic E-state index is 5.45. The van der Waals surface area contributed by atoms with Gasteiger partial charge >= 0.3 is 0 Å². The summed E-state index contributed by atoms with van der Waals surface area (Å²) < 4.78 is 12.6. The van der Waals surface area contributed by atoms with Crippen molar-refractivity contribution in [1.29, 1.82) is 0 Å². The topological polar surface area (TPSA) is 76.8 Å². The van der Waals surface area contributed by atoms with Crippen molar-refractivity contribution in [3.05, 3.63) is 35.9 Å². The summed E-state index contributed by atoms with van der Waals surface area (Å²) in [7, 11) is 7.18. The van der Waals surface area contributed by atoms with Gasteiger partial charge in [0.25, 0.3) is 0 Å². The number of rotatable bonds is 8. The molecule has 29 heavy (non-hydrogen) atoms. The molecule has 1 heterocycles. The van der Waals surface area contributed by atoms with Gasteiger partial charge in [-0.3, -0.25) is 9.67 Å². The molecule has 2 aromatic rings. The first kappa shape index (κ1) is 25.0. The fourth-order valence-electron chi connectivity index (χ4n) is 2.84. The van der Waals surface area contributed by atoms with Crippen LogP contribution in [0.25, 0.3) is 0 Å². The van der Waals surface area contributed by atoms with E-state index >= 15 is 0 Å². The van der Waals surface area contributed by atoms with E-state index < -0.39 is 0 Å². The normalized spacial score (nSPS) is 11.6. The molecule has 1 N–H and O–H groups in total. The molecule has 162 valence electrons. The molecule has 1 aromatic heterocycles. The van der Waals surface area contributed by atoms with Gasteiger partial charge in [0, 0.05) is 26.1 Å². The number of aromatic nitrogens is 3. The Morgan fingerprint density at radius 1 is 1.24 bits per heavy atom. The molecule has 0 aliphatic carbocycles. The zero-order chi connectivity index (χ0) is 20.7. The van der Waals surface area contributed by atoms with E-state index in [0.717, 1.165) is 35.4 Å². The van der Waals surface area contributed by atoms with Gasteiger partial charge in [0.1, 0.15) is 12.2 Å². The fraction of sp³-hybridized carbons (Fsp3) is 0.550. The highest BCUT2D eigenvalue weighted by Gasteiger charge is 2.23. The Labute approximate surface area is 190 Å². The van der Waals surface area contributed by atoms with Crippen molar-refractivity contribution in [1.82, 2.24) is 25.0 Å². The van der Waals surface area contributed by atoms with Gasteiger partial charge < -0.3 is 19.7 Å². The van der Waals surface area contributed by atoms with Gasteiger partial charge in [-0.05, 0) is 24.6 Å². The Hall–Kier alpha value is -2.04. The van der Waals surface area contributed by atoms with Crippen LogP contribution in [0.2, 0.25) is 0 Å². The van der Waals surface area contributed by atoms with E-state index in [1.165, 1.54) is 0 Å². The number of nitrogens with one attached hydrogen (secondary N) is 1. The van der Waals surface area contributed by atoms with Gasteiger partial charge in [-0.1, -0.05) is 19.9 Å². The van der Waals surface area contributed by atoms with Gasteiger partial charge in [0.05, 0.1) is 27.3 Å². The number of halogens is 1. The van der Waals surface area contributed by atoms with Crippen molar-refractivity contribution in [2.24, 2.45) is 12.0 Å². The van der Waals surface area contributed by atoms with Crippen molar-refractivity contribution >= 4 is 29.9 Å². The largest absolute Gasteiger partial charge is 0.493 e. The van der Waals surface area contributed by atoms with Gasteiger partial charge in [-0.15, -0.1) is 24.0 Å². The van der Waals surface area contributed by atoms with Crippen LogP contribution in [-0.2, 0) is 19.0 Å². The Kier molecular flexibility index (Phi) is 9.67. The van der Waals surface area contributed by atoms with Gasteiger partial charge in [0.2, 0.25) is 0 Å². The monoisotopic (exact) mass is 516 g/mol. The summed E-state index contributed by atoms with van der Waals surface area (Å²) in [5.74, 6) is 3.16. The van der Waals surface area contributed by atoms with Crippen molar-refractivity contribution in [3.8, 4) is 11.5 Å². The van der Waals surface area contributed by atoms with Crippen LogP contribution in [0.4, 0.5) is 0 Å². The Bertz CT molecular complexity index is 806. The first-order valence-corrected chi connectivity index (χ1v) is 9.37. The number of ether oxygens (including phenoxy) is 2. The molecule has 0 saturated heterocycles. The van der Waals surface area contributed by atoms with Crippen LogP contribution in [0.15, 0.2) is 29.5 Å². The van der Waals surface area contributed by atoms with Gasteiger partial charge in [-0.2, -0.15) is 5.10 Å². The predicted octanol–water partition coefficient (Wildman–Crippen LogP) is 2.83. The standard InChI is InChI=1S/C20H32N6O2.HI/c1-8-21-19(25(4)12-18-23-14-24-26(18)5)22-13-20(2,3)15-9-10-16(27-6)17(11-15)28-7;/h9-11,14H,8,12-13H2,1-7H3,(H,21,22);1H. The lowest BCUT2D eigenvalue weighted by Crippen LogP contribution is -2.40. The summed E-state index contributed by atoms with van der Waals surface area (Å²) in [5, 5.41) is 7.48. The molecule has 9 heteroatoms. The molecule has 0 unspecified atom stereocenters. The molecule has 0 fully saturated rings. The van der Waals surface area contributed by atoms with E-state index in [9.17, 15) is 0 Å². The van der Waals surface area contributed by atoms with Crippen molar-refractivity contribution in [2.45, 2.75) is 32.7 Å². The molecular formula is C20H33IN6O2. The average Bonchev–Trinajstić information content (AvgIpc) is 3.08. The number of benzene rings is 1. The minimum Gasteiger partial charge on any atom is -0.493 e. The number of nitrogens with zero attached hydrogens (tertiary/aromatic N) is 5. The minimum absolute atomic E-state index is 0. The second-order valence-corrected chi connectivity index (χ2v) is 7.28. The minimum atomic E-state index is -0.175. The predicted molar refractivity (Wildman–Crippen MR) is 126 cm³/mol. The van der Waals surface area contributed by atoms with Crippen LogP contribution in [0.1, 0.15) is 32.2 Å². The number of hydrogen-bond acceptors (Lipinski definition) is 5. The highest BCUT2D eigenvalue weighted by Crippen LogP contribution is 2.33. The number of aryl methyl sites for hydroxylation is 1. The molecule has 0 spiro atoms. The van der Waals surface area contributed by atoms with Crippen LogP contribution in [0, 0.1) is 0 Å². The molecule has 1 aromatic carbocycles. The van der Waals surface area contributed by atoms with E-state index in [0.29, 0.717) is 13.1 Å². The molecule has 0 amide bonds. The molecule has 0 saturated carbocycles. The Morgan fingerprint density at radius 3 is 2.48 bits per heavy atom. The molecule has 0 aliphatic rings. The van der Waals surface area contributed by atoms with E-state index in [1.54, 1.807) is 25.2 Å². The number of guanidine groups is 1. The number of hydrogen-bond donors (Lipinski definition) is 1. The maximum Gasteiger partial charge on any atom is 0.194 e. The molecular weight excluding hydrogens is 483 g/mol. The second-order valence-electron chi connectivity index (χ2n) is 7.28. The summed E-state index contributed by atoms with van der Waals surface area (Å²) in [6, 6.07) is 6.02. The quantitative estimate of drug-likeness (QED) is 0.331. The fourth-order valence-corrected chi connectivity index (χ4v) is 2.84. The number of methoxy groups -OCH3 is 2. The highest BCUT2D eigenvalue weighted by atomic mass is 127. The first-order chi connectivity index (χ1) is 13.3. The smallest absolute Gasteiger partial charge is 0.194 e. The number of aliphatic imine (C=N–C) groups is 1. The molecule has 8 nitrogen and oxygen atoms in total. The van der Waals surface area contributed by atoms with Crippen molar-refractivity contribution in [3.63, 3.8) is 0 Å². The van der Waals surface area contributed by atoms with Gasteiger partial charge in [0.15, 0.2) is 17.5 Å². The lowest BCUT2D eigenvalue weighted by atomic mass is 9.84. The lowest BCUT2D eigenvalue weighted by Gasteiger charge is -2.27. The van der Waals surface area contributed by atoms with E-state index in [-0.39, 0.29) is 29.4 Å². The summed E-state index contributed by atoms with van der Waals surface area (Å²) >= 11 is 0. The maximum atomic E-state index is 5.45. The van der Waals surface area contributed by atoms with Crippen LogP contribution in [-0.4, -0.2) is 60.0 Å². The lowest BCUT2D eigenvalue weighted by molar-refractivity contribution is 0.353.